The summed E-state index contributed by atoms with van der Waals surface area (Å²) >= 11 is 0. The molecular weight excluding hydrogens is 203 g/mol. The van der Waals surface area contributed by atoms with Crippen molar-refractivity contribution in [3.8, 4) is 0 Å². The molecule has 6 heteroatoms. The van der Waals surface area contributed by atoms with E-state index in [2.05, 4.69) is 17.0 Å². The largest absolute Gasteiger partial charge is 0.367 e. The number of hydrogen-bond acceptors (Lipinski definition) is 3. The van der Waals surface area contributed by atoms with Crippen molar-refractivity contribution >= 4 is 8.18 Å². The molecule has 5 nitrogen and oxygen atoms in total. The summed E-state index contributed by atoms with van der Waals surface area (Å²) in [7, 11) is -2.63. The third-order valence-electron chi connectivity index (χ3n) is 2.27. The zero-order valence-electron chi connectivity index (χ0n) is 8.19. The van der Waals surface area contributed by atoms with Crippen LogP contribution in [0.2, 0.25) is 0 Å². The monoisotopic (exact) mass is 220 g/mol. The minimum atomic E-state index is -2.63. The normalized spacial score (nSPS) is 34.0. The molecule has 1 aliphatic heterocycles. The van der Waals surface area contributed by atoms with Gasteiger partial charge < -0.3 is 14.9 Å². The van der Waals surface area contributed by atoms with Gasteiger partial charge in [-0.15, -0.1) is 0 Å². The molecule has 14 heavy (non-hydrogen) atoms. The van der Waals surface area contributed by atoms with Gasteiger partial charge in [0.1, 0.15) is 6.23 Å². The summed E-state index contributed by atoms with van der Waals surface area (Å²) in [5, 5.41) is 5.57. The predicted octanol–water partition coefficient (Wildman–Crippen LogP) is 0.585. The van der Waals surface area contributed by atoms with Crippen molar-refractivity contribution in [2.45, 2.75) is 38.1 Å². The van der Waals surface area contributed by atoms with Gasteiger partial charge >= 0.3 is 0 Å². The van der Waals surface area contributed by atoms with Crippen LogP contribution in [-0.4, -0.2) is 23.3 Å². The molecule has 1 aliphatic rings. The molecule has 0 aromatic rings. The van der Waals surface area contributed by atoms with Crippen LogP contribution in [-0.2, 0) is 9.30 Å². The molecule has 0 spiro atoms. The van der Waals surface area contributed by atoms with Crippen LogP contribution in [0.5, 0.6) is 0 Å². The Balaban J connectivity index is 2.48. The Kier molecular flexibility index (Phi) is 4.62. The van der Waals surface area contributed by atoms with Crippen molar-refractivity contribution in [2.75, 3.05) is 0 Å². The summed E-state index contributed by atoms with van der Waals surface area (Å²) in [5.74, 6) is 0. The maximum absolute atomic E-state index is 10.7. The fraction of sp³-hybridized carbons (Fsp3) is 0.750. The van der Waals surface area contributed by atoms with Gasteiger partial charge in [0, 0.05) is 12.5 Å². The van der Waals surface area contributed by atoms with Crippen molar-refractivity contribution in [3.63, 3.8) is 0 Å². The first kappa shape index (κ1) is 11.7. The zero-order valence-corrected chi connectivity index (χ0v) is 9.19. The van der Waals surface area contributed by atoms with E-state index in [0.717, 1.165) is 6.42 Å². The van der Waals surface area contributed by atoms with Gasteiger partial charge in [-0.25, -0.2) is 5.09 Å². The molecule has 1 unspecified atom stereocenters. The van der Waals surface area contributed by atoms with Crippen LogP contribution in [0.25, 0.3) is 0 Å². The second-order valence-electron chi connectivity index (χ2n) is 3.23. The van der Waals surface area contributed by atoms with Gasteiger partial charge in [-0.3, -0.25) is 4.57 Å². The molecule has 3 N–H and O–H groups in total. The highest BCUT2D eigenvalue weighted by Gasteiger charge is 2.33. The molecule has 0 amide bonds. The van der Waals surface area contributed by atoms with E-state index < -0.39 is 8.18 Å². The lowest BCUT2D eigenvalue weighted by Gasteiger charge is -2.15. The van der Waals surface area contributed by atoms with E-state index in [-0.39, 0.29) is 18.4 Å². The van der Waals surface area contributed by atoms with E-state index in [1.165, 1.54) is 0 Å². The van der Waals surface area contributed by atoms with Crippen molar-refractivity contribution in [1.82, 2.24) is 10.4 Å². The van der Waals surface area contributed by atoms with E-state index in [1.54, 1.807) is 6.20 Å². The lowest BCUT2D eigenvalue weighted by atomic mass is 10.1. The van der Waals surface area contributed by atoms with Crippen molar-refractivity contribution in [2.24, 2.45) is 0 Å². The first-order valence-corrected chi connectivity index (χ1v) is 6.04. The lowest BCUT2D eigenvalue weighted by molar-refractivity contribution is 0.0279. The molecule has 1 rings (SSSR count). The third-order valence-corrected chi connectivity index (χ3v) is 2.89. The number of nitrogens with one attached hydrogen (secondary N) is 2. The lowest BCUT2D eigenvalue weighted by Crippen LogP contribution is -2.31. The molecule has 1 heterocycles. The number of hydrogen-bond donors (Lipinski definition) is 3. The van der Waals surface area contributed by atoms with Crippen LogP contribution in [0.4, 0.5) is 0 Å². The highest BCUT2D eigenvalue weighted by Crippen LogP contribution is 2.24. The molecule has 1 saturated heterocycles. The quantitative estimate of drug-likeness (QED) is 0.591. The zero-order chi connectivity index (χ0) is 10.6. The first-order chi connectivity index (χ1) is 6.67. The Hall–Kier alpha value is -0.350. The average molecular weight is 220 g/mol. The van der Waals surface area contributed by atoms with Crippen LogP contribution in [0.3, 0.4) is 0 Å². The second-order valence-corrected chi connectivity index (χ2v) is 4.13. The Morgan fingerprint density at radius 2 is 2.50 bits per heavy atom. The standard InChI is InChI=1S/C8H17N2O3P/c1-3-7-6(10-14(11)12)5-8(13-7)9-4-2/h4,6-9,14H,2-3,5H2,1H3,(H2,10,11,12)/t6-,7+,8+/m0/s1. The molecule has 0 bridgehead atoms. The van der Waals surface area contributed by atoms with Gasteiger partial charge in [0.15, 0.2) is 0 Å². The summed E-state index contributed by atoms with van der Waals surface area (Å²) in [4.78, 5) is 8.78. The van der Waals surface area contributed by atoms with Crippen LogP contribution in [0, 0.1) is 0 Å². The number of rotatable bonds is 5. The Labute approximate surface area is 84.5 Å². The summed E-state index contributed by atoms with van der Waals surface area (Å²) in [6.45, 7) is 5.54. The SMILES string of the molecule is C=CN[C@H]1C[C@H](N[PH](=O)O)[C@@H](CC)O1. The molecule has 1 fully saturated rings. The summed E-state index contributed by atoms with van der Waals surface area (Å²) in [6, 6.07) is -0.0474. The molecule has 0 aromatic carbocycles. The summed E-state index contributed by atoms with van der Waals surface area (Å²) in [5.41, 5.74) is 0. The summed E-state index contributed by atoms with van der Waals surface area (Å²) < 4.78 is 16.2. The maximum Gasteiger partial charge on any atom is 0.256 e. The molecule has 82 valence electrons. The summed E-state index contributed by atoms with van der Waals surface area (Å²) in [6.07, 6.45) is 2.97. The van der Waals surface area contributed by atoms with Crippen LogP contribution in [0.1, 0.15) is 19.8 Å². The Morgan fingerprint density at radius 1 is 1.79 bits per heavy atom. The van der Waals surface area contributed by atoms with Gasteiger partial charge in [-0.2, -0.15) is 0 Å². The molecular formula is C8H17N2O3P. The molecule has 4 atom stereocenters. The first-order valence-electron chi connectivity index (χ1n) is 4.69. The van der Waals surface area contributed by atoms with Gasteiger partial charge in [-0.05, 0) is 12.6 Å². The minimum absolute atomic E-state index is 0.00597. The molecule has 0 aromatic heterocycles. The van der Waals surface area contributed by atoms with Crippen molar-refractivity contribution < 1.29 is 14.2 Å². The fourth-order valence-electron chi connectivity index (χ4n) is 1.67. The van der Waals surface area contributed by atoms with Gasteiger partial charge in [0.05, 0.1) is 6.10 Å². The molecule has 0 radical (unpaired) electrons. The highest BCUT2D eigenvalue weighted by atomic mass is 31.1. The van der Waals surface area contributed by atoms with Crippen LogP contribution < -0.4 is 10.4 Å². The van der Waals surface area contributed by atoms with E-state index in [0.29, 0.717) is 6.42 Å². The minimum Gasteiger partial charge on any atom is -0.367 e. The average Bonchev–Trinajstić information content (AvgIpc) is 2.47. The molecule has 0 saturated carbocycles. The van der Waals surface area contributed by atoms with Gasteiger partial charge in [-0.1, -0.05) is 13.5 Å². The Bertz CT molecular complexity index is 225. The highest BCUT2D eigenvalue weighted by molar-refractivity contribution is 7.35. The number of ether oxygens (including phenoxy) is 1. The Morgan fingerprint density at radius 3 is 3.00 bits per heavy atom. The van der Waals surface area contributed by atoms with Gasteiger partial charge in [0.25, 0.3) is 8.18 Å². The fourth-order valence-corrected chi connectivity index (χ4v) is 2.29. The van der Waals surface area contributed by atoms with Crippen LogP contribution in [0.15, 0.2) is 12.8 Å². The van der Waals surface area contributed by atoms with Crippen LogP contribution >= 0.6 is 8.18 Å². The third kappa shape index (κ3) is 3.10. The maximum atomic E-state index is 10.7. The van der Waals surface area contributed by atoms with Crippen molar-refractivity contribution in [1.29, 1.82) is 0 Å². The van der Waals surface area contributed by atoms with Crippen molar-refractivity contribution in [3.05, 3.63) is 12.8 Å². The van der Waals surface area contributed by atoms with E-state index in [1.807, 2.05) is 6.92 Å². The smallest absolute Gasteiger partial charge is 0.256 e. The predicted molar refractivity (Wildman–Crippen MR) is 55.0 cm³/mol. The second kappa shape index (κ2) is 5.51. The topological polar surface area (TPSA) is 70.6 Å². The molecule has 0 aliphatic carbocycles. The van der Waals surface area contributed by atoms with E-state index in [4.69, 9.17) is 9.63 Å². The van der Waals surface area contributed by atoms with E-state index >= 15 is 0 Å². The van der Waals surface area contributed by atoms with Gasteiger partial charge in [0.2, 0.25) is 0 Å². The van der Waals surface area contributed by atoms with E-state index in [9.17, 15) is 4.57 Å².